The molecule has 0 fully saturated rings. The Morgan fingerprint density at radius 3 is 2.61 bits per heavy atom. The Morgan fingerprint density at radius 2 is 2.00 bits per heavy atom. The zero-order valence-electron chi connectivity index (χ0n) is 9.43. The monoisotopic (exact) mass is 262 g/mol. The maximum absolute atomic E-state index is 10.7. The predicted molar refractivity (Wildman–Crippen MR) is 70.0 cm³/mol. The molecule has 0 radical (unpaired) electrons. The number of hydrogen-bond acceptors (Lipinski definition) is 3. The molecule has 0 amide bonds. The van der Waals surface area contributed by atoms with Crippen LogP contribution in [0.4, 0.5) is 5.82 Å². The molecule has 0 bridgehead atoms. The van der Waals surface area contributed by atoms with E-state index in [9.17, 15) is 4.79 Å². The summed E-state index contributed by atoms with van der Waals surface area (Å²) in [6.45, 7) is 0.538. The van der Waals surface area contributed by atoms with Crippen molar-refractivity contribution >= 4 is 23.4 Å². The van der Waals surface area contributed by atoms with Crippen LogP contribution in [-0.2, 0) is 6.54 Å². The van der Waals surface area contributed by atoms with E-state index in [-0.39, 0.29) is 5.56 Å². The van der Waals surface area contributed by atoms with Crippen molar-refractivity contribution < 1.29 is 9.90 Å². The predicted octanol–water partition coefficient (Wildman–Crippen LogP) is 3.05. The van der Waals surface area contributed by atoms with Crippen LogP contribution >= 0.6 is 11.6 Å². The van der Waals surface area contributed by atoms with Gasteiger partial charge in [0, 0.05) is 12.7 Å². The minimum Gasteiger partial charge on any atom is -0.478 e. The second-order valence-electron chi connectivity index (χ2n) is 3.69. The summed E-state index contributed by atoms with van der Waals surface area (Å²) in [7, 11) is 0. The lowest BCUT2D eigenvalue weighted by Gasteiger charge is -2.07. The van der Waals surface area contributed by atoms with Gasteiger partial charge in [0.05, 0.1) is 10.6 Å². The minimum absolute atomic E-state index is 0.273. The van der Waals surface area contributed by atoms with E-state index in [4.69, 9.17) is 16.7 Å². The Hall–Kier alpha value is -2.07. The molecule has 0 aliphatic carbocycles. The zero-order chi connectivity index (χ0) is 13.0. The van der Waals surface area contributed by atoms with Crippen LogP contribution in [-0.4, -0.2) is 16.1 Å². The molecule has 1 heterocycles. The highest BCUT2D eigenvalue weighted by atomic mass is 35.5. The summed E-state index contributed by atoms with van der Waals surface area (Å²) < 4.78 is 0. The Bertz CT molecular complexity index is 555. The van der Waals surface area contributed by atoms with Gasteiger partial charge < -0.3 is 10.4 Å². The number of carbonyl (C=O) groups is 1. The maximum Gasteiger partial charge on any atom is 0.335 e. The molecular formula is C13H11ClN2O2. The van der Waals surface area contributed by atoms with Crippen LogP contribution < -0.4 is 5.32 Å². The quantitative estimate of drug-likeness (QED) is 0.889. The van der Waals surface area contributed by atoms with Gasteiger partial charge in [0.1, 0.15) is 5.82 Å². The Kier molecular flexibility index (Phi) is 3.79. The topological polar surface area (TPSA) is 62.2 Å². The van der Waals surface area contributed by atoms with E-state index in [0.29, 0.717) is 17.4 Å². The first-order valence-electron chi connectivity index (χ1n) is 5.33. The molecule has 92 valence electrons. The van der Waals surface area contributed by atoms with Crippen molar-refractivity contribution in [2.45, 2.75) is 6.54 Å². The third-order valence-electron chi connectivity index (χ3n) is 2.42. The maximum atomic E-state index is 10.7. The zero-order valence-corrected chi connectivity index (χ0v) is 10.2. The molecule has 2 N–H and O–H groups in total. The van der Waals surface area contributed by atoms with Gasteiger partial charge in [0.25, 0.3) is 0 Å². The van der Waals surface area contributed by atoms with Crippen molar-refractivity contribution in [3.05, 3.63) is 58.7 Å². The fourth-order valence-corrected chi connectivity index (χ4v) is 1.66. The van der Waals surface area contributed by atoms with E-state index >= 15 is 0 Å². The molecule has 0 spiro atoms. The van der Waals surface area contributed by atoms with Crippen LogP contribution in [0.1, 0.15) is 15.9 Å². The molecule has 5 heteroatoms. The Morgan fingerprint density at radius 1 is 1.28 bits per heavy atom. The van der Waals surface area contributed by atoms with Gasteiger partial charge in [0.15, 0.2) is 0 Å². The van der Waals surface area contributed by atoms with Gasteiger partial charge in [-0.25, -0.2) is 9.78 Å². The summed E-state index contributed by atoms with van der Waals surface area (Å²) in [6, 6.07) is 10.2. The largest absolute Gasteiger partial charge is 0.478 e. The first kappa shape index (κ1) is 12.4. The fraction of sp³-hybridized carbons (Fsp3) is 0.0769. The number of nitrogens with zero attached hydrogens (tertiary/aromatic N) is 1. The summed E-state index contributed by atoms with van der Waals surface area (Å²) in [6.07, 6.45) is 1.65. The Balaban J connectivity index is 2.02. The number of carboxylic acids is 1. The summed E-state index contributed by atoms with van der Waals surface area (Å²) >= 11 is 5.95. The highest BCUT2D eigenvalue weighted by Gasteiger charge is 2.03. The number of carboxylic acid groups (broad SMARTS) is 1. The van der Waals surface area contributed by atoms with Crippen LogP contribution in [0.2, 0.25) is 5.02 Å². The third-order valence-corrected chi connectivity index (χ3v) is 2.72. The lowest BCUT2D eigenvalue weighted by molar-refractivity contribution is 0.0697. The standard InChI is InChI=1S/C13H11ClN2O2/c14-11-2-1-7-15-12(11)16-8-9-3-5-10(6-4-9)13(17)18/h1-7H,8H2,(H,15,16)(H,17,18). The lowest BCUT2D eigenvalue weighted by atomic mass is 10.1. The van der Waals surface area contributed by atoms with Crippen LogP contribution in [0.25, 0.3) is 0 Å². The first-order chi connectivity index (χ1) is 8.66. The molecule has 0 saturated heterocycles. The molecular weight excluding hydrogens is 252 g/mol. The highest BCUT2D eigenvalue weighted by Crippen LogP contribution is 2.18. The van der Waals surface area contributed by atoms with Crippen molar-refractivity contribution in [2.75, 3.05) is 5.32 Å². The third kappa shape index (κ3) is 2.99. The summed E-state index contributed by atoms with van der Waals surface area (Å²) in [5, 5.41) is 12.4. The van der Waals surface area contributed by atoms with E-state index in [2.05, 4.69) is 10.3 Å². The van der Waals surface area contributed by atoms with Gasteiger partial charge in [-0.05, 0) is 29.8 Å². The Labute approximate surface area is 109 Å². The lowest BCUT2D eigenvalue weighted by Crippen LogP contribution is -2.02. The van der Waals surface area contributed by atoms with Crippen molar-refractivity contribution in [3.63, 3.8) is 0 Å². The minimum atomic E-state index is -0.928. The van der Waals surface area contributed by atoms with Crippen LogP contribution in [0, 0.1) is 0 Å². The van der Waals surface area contributed by atoms with Gasteiger partial charge in [-0.15, -0.1) is 0 Å². The van der Waals surface area contributed by atoms with Gasteiger partial charge in [0.2, 0.25) is 0 Å². The van der Waals surface area contributed by atoms with Gasteiger partial charge >= 0.3 is 5.97 Å². The molecule has 1 aromatic carbocycles. The fourth-order valence-electron chi connectivity index (χ4n) is 1.47. The van der Waals surface area contributed by atoms with Crippen molar-refractivity contribution in [1.82, 2.24) is 4.98 Å². The molecule has 0 aliphatic rings. The van der Waals surface area contributed by atoms with Gasteiger partial charge in [-0.3, -0.25) is 0 Å². The van der Waals surface area contributed by atoms with E-state index in [1.807, 2.05) is 0 Å². The van der Waals surface area contributed by atoms with E-state index in [1.54, 1.807) is 42.6 Å². The van der Waals surface area contributed by atoms with Crippen LogP contribution in [0.5, 0.6) is 0 Å². The SMILES string of the molecule is O=C(O)c1ccc(CNc2ncccc2Cl)cc1. The molecule has 1 aromatic heterocycles. The number of aromatic carboxylic acids is 1. The summed E-state index contributed by atoms with van der Waals surface area (Å²) in [5.74, 6) is -0.316. The highest BCUT2D eigenvalue weighted by molar-refractivity contribution is 6.32. The molecule has 0 atom stereocenters. The molecule has 0 unspecified atom stereocenters. The van der Waals surface area contributed by atoms with E-state index in [0.717, 1.165) is 5.56 Å². The smallest absolute Gasteiger partial charge is 0.335 e. The number of rotatable bonds is 4. The summed E-state index contributed by atoms with van der Waals surface area (Å²) in [5.41, 5.74) is 1.23. The number of pyridine rings is 1. The number of halogens is 1. The van der Waals surface area contributed by atoms with Crippen LogP contribution in [0.15, 0.2) is 42.6 Å². The molecule has 0 saturated carbocycles. The molecule has 2 rings (SSSR count). The number of aromatic nitrogens is 1. The van der Waals surface area contributed by atoms with Crippen molar-refractivity contribution in [2.24, 2.45) is 0 Å². The van der Waals surface area contributed by atoms with Crippen molar-refractivity contribution in [3.8, 4) is 0 Å². The molecule has 18 heavy (non-hydrogen) atoms. The number of benzene rings is 1. The van der Waals surface area contributed by atoms with E-state index < -0.39 is 5.97 Å². The second-order valence-corrected chi connectivity index (χ2v) is 4.10. The van der Waals surface area contributed by atoms with Crippen LogP contribution in [0.3, 0.4) is 0 Å². The number of hydrogen-bond donors (Lipinski definition) is 2. The average molecular weight is 263 g/mol. The average Bonchev–Trinajstić information content (AvgIpc) is 2.38. The second kappa shape index (κ2) is 5.51. The number of nitrogens with one attached hydrogen (secondary N) is 1. The first-order valence-corrected chi connectivity index (χ1v) is 5.71. The van der Waals surface area contributed by atoms with Crippen molar-refractivity contribution in [1.29, 1.82) is 0 Å². The molecule has 0 aliphatic heterocycles. The van der Waals surface area contributed by atoms with Gasteiger partial charge in [-0.2, -0.15) is 0 Å². The van der Waals surface area contributed by atoms with E-state index in [1.165, 1.54) is 0 Å². The number of anilines is 1. The van der Waals surface area contributed by atoms with Gasteiger partial charge in [-0.1, -0.05) is 23.7 Å². The molecule has 2 aromatic rings. The summed E-state index contributed by atoms with van der Waals surface area (Å²) in [4.78, 5) is 14.8. The normalized spacial score (nSPS) is 10.1. The molecule has 4 nitrogen and oxygen atoms in total.